The predicted molar refractivity (Wildman–Crippen MR) is 65.1 cm³/mol. The van der Waals surface area contributed by atoms with Crippen LogP contribution in [-0.2, 0) is 11.2 Å². The Labute approximate surface area is 101 Å². The topological polar surface area (TPSA) is 57.8 Å². The molecule has 16 heavy (non-hydrogen) atoms. The average molecular weight is 280 g/mol. The third-order valence-electron chi connectivity index (χ3n) is 2.01. The van der Waals surface area contributed by atoms with Gasteiger partial charge in [0.05, 0.1) is 6.42 Å². The molecule has 4 nitrogen and oxygen atoms in total. The number of anilines is 1. The Kier molecular flexibility index (Phi) is 3.36. The number of nitrogens with one attached hydrogen (secondary N) is 2. The summed E-state index contributed by atoms with van der Waals surface area (Å²) in [5.74, 6) is 0.382. The number of benzene rings is 1. The highest BCUT2D eigenvalue weighted by Crippen LogP contribution is 2.12. The zero-order chi connectivity index (χ0) is 11.4. The van der Waals surface area contributed by atoms with Gasteiger partial charge in [-0.2, -0.15) is 0 Å². The summed E-state index contributed by atoms with van der Waals surface area (Å²) in [4.78, 5) is 18.3. The second kappa shape index (κ2) is 4.94. The van der Waals surface area contributed by atoms with Crippen molar-refractivity contribution in [3.05, 3.63) is 46.7 Å². The molecule has 0 spiro atoms. The van der Waals surface area contributed by atoms with Crippen LogP contribution in [0.2, 0.25) is 0 Å². The molecule has 2 rings (SSSR count). The number of nitrogens with zero attached hydrogens (tertiary/aromatic N) is 1. The van der Waals surface area contributed by atoms with Gasteiger partial charge in [-0.3, -0.25) is 10.1 Å². The summed E-state index contributed by atoms with van der Waals surface area (Å²) in [6.07, 6.45) is 3.59. The minimum absolute atomic E-state index is 0.0898. The number of rotatable bonds is 3. The van der Waals surface area contributed by atoms with Crippen molar-refractivity contribution in [2.75, 3.05) is 5.32 Å². The highest BCUT2D eigenvalue weighted by atomic mass is 79.9. The first-order valence-electron chi connectivity index (χ1n) is 4.78. The number of halogens is 1. The maximum Gasteiger partial charge on any atom is 0.231 e. The van der Waals surface area contributed by atoms with Crippen LogP contribution in [0.3, 0.4) is 0 Å². The van der Waals surface area contributed by atoms with Gasteiger partial charge in [-0.15, -0.1) is 0 Å². The molecule has 82 valence electrons. The fourth-order valence-corrected chi connectivity index (χ4v) is 1.79. The van der Waals surface area contributed by atoms with Crippen molar-refractivity contribution in [3.8, 4) is 0 Å². The third-order valence-corrected chi connectivity index (χ3v) is 2.50. The quantitative estimate of drug-likeness (QED) is 0.906. The van der Waals surface area contributed by atoms with Crippen LogP contribution >= 0.6 is 15.9 Å². The lowest BCUT2D eigenvalue weighted by Crippen LogP contribution is -2.15. The van der Waals surface area contributed by atoms with E-state index in [0.29, 0.717) is 12.4 Å². The first kappa shape index (κ1) is 10.9. The van der Waals surface area contributed by atoms with E-state index < -0.39 is 0 Å². The molecule has 2 N–H and O–H groups in total. The molecule has 2 aromatic rings. The van der Waals surface area contributed by atoms with E-state index in [0.717, 1.165) is 10.0 Å². The van der Waals surface area contributed by atoms with Crippen molar-refractivity contribution in [1.82, 2.24) is 9.97 Å². The Morgan fingerprint density at radius 3 is 3.06 bits per heavy atom. The molecule has 1 heterocycles. The van der Waals surface area contributed by atoms with Crippen LogP contribution in [0.4, 0.5) is 5.95 Å². The van der Waals surface area contributed by atoms with E-state index in [9.17, 15) is 4.79 Å². The normalized spacial score (nSPS) is 10.1. The van der Waals surface area contributed by atoms with Crippen LogP contribution in [0.25, 0.3) is 0 Å². The van der Waals surface area contributed by atoms with Gasteiger partial charge in [-0.1, -0.05) is 28.1 Å². The molecule has 1 aromatic carbocycles. The van der Waals surface area contributed by atoms with Gasteiger partial charge < -0.3 is 4.98 Å². The lowest BCUT2D eigenvalue weighted by atomic mass is 10.1. The molecule has 5 heteroatoms. The monoisotopic (exact) mass is 279 g/mol. The molecule has 0 fully saturated rings. The number of imidazole rings is 1. The molecule has 0 saturated heterocycles. The van der Waals surface area contributed by atoms with E-state index in [1.807, 2.05) is 24.3 Å². The van der Waals surface area contributed by atoms with Gasteiger partial charge in [0.15, 0.2) is 0 Å². The molecule has 0 aliphatic rings. The number of carbonyl (C=O) groups excluding carboxylic acids is 1. The molecule has 0 saturated carbocycles. The summed E-state index contributed by atoms with van der Waals surface area (Å²) in [7, 11) is 0. The van der Waals surface area contributed by atoms with Gasteiger partial charge in [0.25, 0.3) is 0 Å². The molecular formula is C11H10BrN3O. The van der Waals surface area contributed by atoms with Crippen molar-refractivity contribution >= 4 is 27.8 Å². The van der Waals surface area contributed by atoms with Crippen molar-refractivity contribution in [1.29, 1.82) is 0 Å². The highest BCUT2D eigenvalue weighted by Gasteiger charge is 2.05. The number of aromatic amines is 1. The highest BCUT2D eigenvalue weighted by molar-refractivity contribution is 9.10. The Morgan fingerprint density at radius 1 is 1.50 bits per heavy atom. The third kappa shape index (κ3) is 2.93. The van der Waals surface area contributed by atoms with E-state index in [1.54, 1.807) is 12.4 Å². The van der Waals surface area contributed by atoms with E-state index in [1.165, 1.54) is 0 Å². The number of aromatic nitrogens is 2. The van der Waals surface area contributed by atoms with E-state index in [4.69, 9.17) is 0 Å². The van der Waals surface area contributed by atoms with E-state index in [2.05, 4.69) is 31.2 Å². The lowest BCUT2D eigenvalue weighted by Gasteiger charge is -2.02. The molecule has 0 bridgehead atoms. The molecule has 1 amide bonds. The van der Waals surface area contributed by atoms with Crippen molar-refractivity contribution in [3.63, 3.8) is 0 Å². The minimum Gasteiger partial charge on any atom is -0.331 e. The van der Waals surface area contributed by atoms with Crippen LogP contribution in [-0.4, -0.2) is 15.9 Å². The average Bonchev–Trinajstić information content (AvgIpc) is 2.70. The van der Waals surface area contributed by atoms with Gasteiger partial charge in [-0.25, -0.2) is 4.98 Å². The van der Waals surface area contributed by atoms with Crippen molar-refractivity contribution in [2.24, 2.45) is 0 Å². The van der Waals surface area contributed by atoms with E-state index >= 15 is 0 Å². The second-order valence-electron chi connectivity index (χ2n) is 3.29. The maximum absolute atomic E-state index is 11.6. The first-order chi connectivity index (χ1) is 7.74. The summed E-state index contributed by atoms with van der Waals surface area (Å²) in [6.45, 7) is 0. The predicted octanol–water partition coefficient (Wildman–Crippen LogP) is 2.35. The number of hydrogen-bond acceptors (Lipinski definition) is 2. The Hall–Kier alpha value is -1.62. The van der Waals surface area contributed by atoms with Crippen LogP contribution in [0.5, 0.6) is 0 Å². The van der Waals surface area contributed by atoms with Gasteiger partial charge in [0.1, 0.15) is 0 Å². The zero-order valence-corrected chi connectivity index (χ0v) is 9.99. The standard InChI is InChI=1S/C11H10BrN3O/c12-9-3-1-2-8(6-9)7-10(16)15-11-13-4-5-14-11/h1-6H,7H2,(H2,13,14,15,16). The summed E-state index contributed by atoms with van der Waals surface area (Å²) >= 11 is 3.36. The van der Waals surface area contributed by atoms with E-state index in [-0.39, 0.29) is 5.91 Å². The number of hydrogen-bond donors (Lipinski definition) is 2. The molecule has 0 radical (unpaired) electrons. The molecule has 1 aromatic heterocycles. The summed E-state index contributed by atoms with van der Waals surface area (Å²) in [5.41, 5.74) is 0.957. The maximum atomic E-state index is 11.6. The molecule has 0 unspecified atom stereocenters. The van der Waals surface area contributed by atoms with Gasteiger partial charge in [0, 0.05) is 16.9 Å². The molecular weight excluding hydrogens is 270 g/mol. The van der Waals surface area contributed by atoms with Crippen LogP contribution in [0.1, 0.15) is 5.56 Å². The summed E-state index contributed by atoms with van der Waals surface area (Å²) in [5, 5.41) is 2.67. The van der Waals surface area contributed by atoms with Gasteiger partial charge in [-0.05, 0) is 17.7 Å². The summed E-state index contributed by atoms with van der Waals surface area (Å²) < 4.78 is 0.968. The molecule has 0 atom stereocenters. The zero-order valence-electron chi connectivity index (χ0n) is 8.40. The second-order valence-corrected chi connectivity index (χ2v) is 4.21. The Bertz CT molecular complexity index is 482. The number of carbonyl (C=O) groups is 1. The van der Waals surface area contributed by atoms with Crippen LogP contribution < -0.4 is 5.32 Å². The SMILES string of the molecule is O=C(Cc1cccc(Br)c1)Nc1ncc[nH]1. The van der Waals surface area contributed by atoms with Crippen LogP contribution in [0, 0.1) is 0 Å². The van der Waals surface area contributed by atoms with Gasteiger partial charge >= 0.3 is 0 Å². The number of H-pyrrole nitrogens is 1. The van der Waals surface area contributed by atoms with Crippen LogP contribution in [0.15, 0.2) is 41.1 Å². The fraction of sp³-hybridized carbons (Fsp3) is 0.0909. The Morgan fingerprint density at radius 2 is 2.38 bits per heavy atom. The Balaban J connectivity index is 1.97. The van der Waals surface area contributed by atoms with Crippen molar-refractivity contribution in [2.45, 2.75) is 6.42 Å². The first-order valence-corrected chi connectivity index (χ1v) is 5.57. The van der Waals surface area contributed by atoms with Crippen molar-refractivity contribution < 1.29 is 4.79 Å². The summed E-state index contributed by atoms with van der Waals surface area (Å²) in [6, 6.07) is 7.65. The molecule has 0 aliphatic carbocycles. The fourth-order valence-electron chi connectivity index (χ4n) is 1.34. The largest absolute Gasteiger partial charge is 0.331 e. The van der Waals surface area contributed by atoms with Gasteiger partial charge in [0.2, 0.25) is 11.9 Å². The minimum atomic E-state index is -0.0898. The lowest BCUT2D eigenvalue weighted by molar-refractivity contribution is -0.115. The molecule has 0 aliphatic heterocycles. The number of amides is 1. The smallest absolute Gasteiger partial charge is 0.231 e.